The van der Waals surface area contributed by atoms with E-state index in [0.717, 1.165) is 53.1 Å². The van der Waals surface area contributed by atoms with E-state index in [9.17, 15) is 9.59 Å². The van der Waals surface area contributed by atoms with Crippen LogP contribution >= 0.6 is 11.3 Å². The lowest BCUT2D eigenvalue weighted by atomic mass is 9.83. The van der Waals surface area contributed by atoms with Crippen LogP contribution in [0.1, 0.15) is 28.1 Å². The SMILES string of the molecule is O=C(C[N+]12CCC(CC1)[C@@H](OC(=O)[C@@H](Cc1ccccc1)Nc1ccccc1)C2)c1cccs1. The molecule has 0 aliphatic carbocycles. The zero-order valence-corrected chi connectivity index (χ0v) is 20.1. The number of esters is 1. The number of anilines is 1. The summed E-state index contributed by atoms with van der Waals surface area (Å²) in [4.78, 5) is 27.2. The second kappa shape index (κ2) is 10.1. The molecule has 0 unspecified atom stereocenters. The fourth-order valence-corrected chi connectivity index (χ4v) is 6.06. The Morgan fingerprint density at radius 1 is 0.971 bits per heavy atom. The lowest BCUT2D eigenvalue weighted by Crippen LogP contribution is -2.66. The van der Waals surface area contributed by atoms with Gasteiger partial charge in [-0.05, 0) is 29.1 Å². The van der Waals surface area contributed by atoms with E-state index in [-0.39, 0.29) is 17.9 Å². The summed E-state index contributed by atoms with van der Waals surface area (Å²) in [5.41, 5.74) is 1.99. The number of carbonyl (C=O) groups excluding carboxylic acids is 2. The van der Waals surface area contributed by atoms with E-state index >= 15 is 0 Å². The summed E-state index contributed by atoms with van der Waals surface area (Å²) in [6.07, 6.45) is 2.43. The monoisotopic (exact) mass is 475 g/mol. The number of thiophene rings is 1. The van der Waals surface area contributed by atoms with E-state index in [1.807, 2.05) is 78.2 Å². The van der Waals surface area contributed by atoms with Gasteiger partial charge in [-0.15, -0.1) is 11.3 Å². The maximum Gasteiger partial charge on any atom is 0.329 e. The first-order chi connectivity index (χ1) is 16.6. The maximum atomic E-state index is 13.5. The normalized spacial score (nSPS) is 24.4. The maximum absolute atomic E-state index is 13.5. The largest absolute Gasteiger partial charge is 0.455 e. The van der Waals surface area contributed by atoms with Gasteiger partial charge >= 0.3 is 5.97 Å². The standard InChI is InChI=1S/C28H31N2O3S/c31-25(27-12-7-17-34-27)19-30-15-13-22(14-16-30)26(20-30)33-28(32)24(18-21-8-3-1-4-9-21)29-23-10-5-2-6-11-23/h1-12,17,22,24,26,29H,13-16,18-20H2/q+1/t22?,24-,26+,30?/m1/s1. The summed E-state index contributed by atoms with van der Waals surface area (Å²) in [5, 5.41) is 5.34. The van der Waals surface area contributed by atoms with Crippen molar-refractivity contribution in [3.63, 3.8) is 0 Å². The number of quaternary nitrogens is 1. The highest BCUT2D eigenvalue weighted by atomic mass is 32.1. The first kappa shape index (κ1) is 22.8. The molecule has 2 atom stereocenters. The molecule has 34 heavy (non-hydrogen) atoms. The van der Waals surface area contributed by atoms with Crippen molar-refractivity contribution in [3.05, 3.63) is 88.6 Å². The van der Waals surface area contributed by atoms with Crippen molar-refractivity contribution < 1.29 is 18.8 Å². The molecule has 0 saturated carbocycles. The zero-order chi connectivity index (χ0) is 23.4. The summed E-state index contributed by atoms with van der Waals surface area (Å²) in [7, 11) is 0. The van der Waals surface area contributed by atoms with Crippen molar-refractivity contribution in [2.75, 3.05) is 31.5 Å². The van der Waals surface area contributed by atoms with Gasteiger partial charge in [-0.25, -0.2) is 4.79 Å². The summed E-state index contributed by atoms with van der Waals surface area (Å²) >= 11 is 1.51. The van der Waals surface area contributed by atoms with E-state index in [2.05, 4.69) is 5.32 Å². The van der Waals surface area contributed by atoms with Crippen molar-refractivity contribution >= 4 is 28.8 Å². The molecule has 3 fully saturated rings. The molecular formula is C28H31N2O3S+. The van der Waals surface area contributed by atoms with Crippen molar-refractivity contribution in [2.45, 2.75) is 31.4 Å². The molecule has 3 aliphatic heterocycles. The van der Waals surface area contributed by atoms with E-state index in [0.29, 0.717) is 18.9 Å². The number of rotatable bonds is 9. The van der Waals surface area contributed by atoms with Crippen LogP contribution in [0.3, 0.4) is 0 Å². The number of nitrogens with one attached hydrogen (secondary N) is 1. The predicted octanol–water partition coefficient (Wildman–Crippen LogP) is 4.81. The highest BCUT2D eigenvalue weighted by Crippen LogP contribution is 2.36. The van der Waals surface area contributed by atoms with Gasteiger partial charge in [0.2, 0.25) is 5.78 Å². The van der Waals surface area contributed by atoms with Crippen LogP contribution in [0.5, 0.6) is 0 Å². The van der Waals surface area contributed by atoms with Crippen molar-refractivity contribution in [1.29, 1.82) is 0 Å². The topological polar surface area (TPSA) is 55.4 Å². The van der Waals surface area contributed by atoms with Crippen molar-refractivity contribution in [3.8, 4) is 0 Å². The van der Waals surface area contributed by atoms with Crippen LogP contribution in [0.25, 0.3) is 0 Å². The summed E-state index contributed by atoms with van der Waals surface area (Å²) < 4.78 is 6.94. The summed E-state index contributed by atoms with van der Waals surface area (Å²) in [5.74, 6) is 0.372. The summed E-state index contributed by atoms with van der Waals surface area (Å²) in [6, 6.07) is 23.2. The number of nitrogens with zero attached hydrogens (tertiary/aromatic N) is 1. The smallest absolute Gasteiger partial charge is 0.329 e. The fourth-order valence-electron chi connectivity index (χ4n) is 5.41. The number of ether oxygens (including phenoxy) is 1. The second-order valence-electron chi connectivity index (χ2n) is 9.60. The Bertz CT molecular complexity index is 1050. The molecule has 0 spiro atoms. The third kappa shape index (κ3) is 5.24. The van der Waals surface area contributed by atoms with E-state index in [1.165, 1.54) is 11.3 Å². The first-order valence-electron chi connectivity index (χ1n) is 12.1. The van der Waals surface area contributed by atoms with Gasteiger partial charge < -0.3 is 14.5 Å². The third-order valence-electron chi connectivity index (χ3n) is 7.27. The van der Waals surface area contributed by atoms with Crippen molar-refractivity contribution in [2.24, 2.45) is 5.92 Å². The minimum atomic E-state index is -0.471. The minimum Gasteiger partial charge on any atom is -0.455 e. The van der Waals surface area contributed by atoms with Crippen molar-refractivity contribution in [1.82, 2.24) is 0 Å². The highest BCUT2D eigenvalue weighted by molar-refractivity contribution is 7.12. The Morgan fingerprint density at radius 3 is 2.35 bits per heavy atom. The molecule has 3 saturated heterocycles. The van der Waals surface area contributed by atoms with Gasteiger partial charge in [0.15, 0.2) is 6.10 Å². The van der Waals surface area contributed by atoms with Crippen LogP contribution in [0.2, 0.25) is 0 Å². The van der Waals surface area contributed by atoms with Crippen LogP contribution in [0.4, 0.5) is 5.69 Å². The molecule has 0 radical (unpaired) electrons. The number of hydrogen-bond donors (Lipinski definition) is 1. The Labute approximate surface area is 205 Å². The average molecular weight is 476 g/mol. The van der Waals surface area contributed by atoms with Gasteiger partial charge in [0.1, 0.15) is 19.1 Å². The van der Waals surface area contributed by atoms with Gasteiger partial charge in [-0.1, -0.05) is 54.6 Å². The Morgan fingerprint density at radius 2 is 1.68 bits per heavy atom. The number of Topliss-reactive ketones (excluding diaryl/α,β-unsaturated/α-hetero) is 1. The molecule has 176 valence electrons. The molecule has 4 heterocycles. The highest BCUT2D eigenvalue weighted by Gasteiger charge is 2.49. The van der Waals surface area contributed by atoms with Crippen LogP contribution in [-0.4, -0.2) is 54.6 Å². The van der Waals surface area contributed by atoms with E-state index in [1.54, 1.807) is 0 Å². The van der Waals surface area contributed by atoms with E-state index < -0.39 is 6.04 Å². The molecule has 5 nitrogen and oxygen atoms in total. The van der Waals surface area contributed by atoms with Gasteiger partial charge in [-0.2, -0.15) is 0 Å². The van der Waals surface area contributed by atoms with Gasteiger partial charge in [0.05, 0.1) is 18.0 Å². The van der Waals surface area contributed by atoms with Crippen LogP contribution < -0.4 is 5.32 Å². The Kier molecular flexibility index (Phi) is 6.79. The number of carbonyl (C=O) groups is 2. The number of ketones is 1. The molecule has 2 aromatic carbocycles. The molecule has 0 amide bonds. The third-order valence-corrected chi connectivity index (χ3v) is 8.18. The zero-order valence-electron chi connectivity index (χ0n) is 19.3. The van der Waals surface area contributed by atoms with Gasteiger partial charge in [0, 0.05) is 30.9 Å². The van der Waals surface area contributed by atoms with E-state index in [4.69, 9.17) is 4.74 Å². The Hall–Kier alpha value is -2.96. The second-order valence-corrected chi connectivity index (χ2v) is 10.5. The average Bonchev–Trinajstić information content (AvgIpc) is 3.41. The molecule has 6 rings (SSSR count). The quantitative estimate of drug-likeness (QED) is 0.274. The molecule has 6 heteroatoms. The number of piperidine rings is 3. The number of fused-ring (bicyclic) bond motifs is 3. The molecule has 1 aromatic heterocycles. The molecule has 2 bridgehead atoms. The predicted molar refractivity (Wildman–Crippen MR) is 135 cm³/mol. The van der Waals surface area contributed by atoms with Crippen LogP contribution in [0.15, 0.2) is 78.2 Å². The molecular weight excluding hydrogens is 444 g/mol. The molecule has 1 N–H and O–H groups in total. The molecule has 3 aliphatic rings. The van der Waals surface area contributed by atoms with Gasteiger partial charge in [-0.3, -0.25) is 4.79 Å². The fraction of sp³-hybridized carbons (Fsp3) is 0.357. The lowest BCUT2D eigenvalue weighted by molar-refractivity contribution is -0.938. The van der Waals surface area contributed by atoms with Gasteiger partial charge in [0.25, 0.3) is 0 Å². The minimum absolute atomic E-state index is 0.137. The number of benzene rings is 2. The summed E-state index contributed by atoms with van der Waals surface area (Å²) in [6.45, 7) is 3.21. The number of para-hydroxylation sites is 1. The van der Waals surface area contributed by atoms with Crippen LogP contribution in [-0.2, 0) is 16.0 Å². The number of hydrogen-bond acceptors (Lipinski definition) is 5. The van der Waals surface area contributed by atoms with Crippen LogP contribution in [0, 0.1) is 5.92 Å². The molecule has 3 aromatic rings. The Balaban J connectivity index is 1.29. The first-order valence-corrected chi connectivity index (χ1v) is 13.0. The lowest BCUT2D eigenvalue weighted by Gasteiger charge is -2.51.